The molecule has 7 N–H and O–H groups in total. The van der Waals surface area contributed by atoms with Crippen molar-refractivity contribution in [2.75, 3.05) is 36.1 Å². The zero-order valence-corrected chi connectivity index (χ0v) is 36.4. The summed E-state index contributed by atoms with van der Waals surface area (Å²) in [7, 11) is 1.59. The van der Waals surface area contributed by atoms with Gasteiger partial charge < -0.3 is 41.2 Å². The summed E-state index contributed by atoms with van der Waals surface area (Å²) >= 11 is 0. The predicted molar refractivity (Wildman–Crippen MR) is 249 cm³/mol. The second-order valence-corrected chi connectivity index (χ2v) is 15.8. The third-order valence-corrected chi connectivity index (χ3v) is 11.3. The van der Waals surface area contributed by atoms with Crippen LogP contribution in [0.4, 0.5) is 22.0 Å². The van der Waals surface area contributed by atoms with Crippen LogP contribution in [0.1, 0.15) is 102 Å². The van der Waals surface area contributed by atoms with Crippen LogP contribution in [-0.4, -0.2) is 92.0 Å². The van der Waals surface area contributed by atoms with E-state index in [0.717, 1.165) is 54.9 Å². The predicted octanol–water partition coefficient (Wildman–Crippen LogP) is 9.10. The number of fused-ring (bicyclic) bond motifs is 1. The van der Waals surface area contributed by atoms with E-state index in [0.29, 0.717) is 35.2 Å². The van der Waals surface area contributed by atoms with Gasteiger partial charge in [0.2, 0.25) is 0 Å². The number of anilines is 3. The van der Waals surface area contributed by atoms with Gasteiger partial charge in [0.05, 0.1) is 22.3 Å². The third-order valence-electron chi connectivity index (χ3n) is 11.3. The Hall–Kier alpha value is -7.78. The number of aromatic nitrogens is 1. The fraction of sp³-hybridized carbons (Fsp3) is 0.240. The highest BCUT2D eigenvalue weighted by molar-refractivity contribution is 6.19. The summed E-state index contributed by atoms with van der Waals surface area (Å²) in [5.74, 6) is -4.16. The molecule has 1 heterocycles. The van der Waals surface area contributed by atoms with Gasteiger partial charge >= 0.3 is 23.9 Å². The Morgan fingerprint density at radius 3 is 1.82 bits per heavy atom. The minimum absolute atomic E-state index is 0.0469. The number of nitrogens with zero attached hydrogens (tertiary/aromatic N) is 2. The molecule has 0 saturated carbocycles. The van der Waals surface area contributed by atoms with E-state index in [2.05, 4.69) is 39.7 Å². The monoisotopic (exact) mass is 880 g/mol. The number of aromatic carboxylic acids is 3. The van der Waals surface area contributed by atoms with E-state index < -0.39 is 35.8 Å². The summed E-state index contributed by atoms with van der Waals surface area (Å²) in [6.45, 7) is 5.38. The fourth-order valence-electron chi connectivity index (χ4n) is 7.70. The maximum absolute atomic E-state index is 13.9. The van der Waals surface area contributed by atoms with E-state index in [1.165, 1.54) is 17.0 Å². The van der Waals surface area contributed by atoms with Crippen molar-refractivity contribution in [3.05, 3.63) is 160 Å². The Kier molecular flexibility index (Phi) is 15.5. The molecule has 0 saturated heterocycles. The minimum atomic E-state index is -1.32. The van der Waals surface area contributed by atoms with Gasteiger partial charge in [-0.05, 0) is 109 Å². The van der Waals surface area contributed by atoms with E-state index in [-0.39, 0.29) is 46.3 Å². The maximum atomic E-state index is 13.9. The molecule has 1 aromatic heterocycles. The first-order valence-corrected chi connectivity index (χ1v) is 21.3. The third kappa shape index (κ3) is 12.2. The Balaban J connectivity index is 1.09. The van der Waals surface area contributed by atoms with Crippen LogP contribution in [0.2, 0.25) is 0 Å². The number of benzene rings is 5. The van der Waals surface area contributed by atoms with E-state index in [4.69, 9.17) is 5.11 Å². The molecule has 0 aliphatic rings. The van der Waals surface area contributed by atoms with Gasteiger partial charge in [-0.3, -0.25) is 14.5 Å². The number of amides is 4. The van der Waals surface area contributed by atoms with Crippen LogP contribution in [0.15, 0.2) is 115 Å². The lowest BCUT2D eigenvalue weighted by molar-refractivity contribution is 0.0682. The van der Waals surface area contributed by atoms with Crippen molar-refractivity contribution in [1.29, 1.82) is 0 Å². The van der Waals surface area contributed by atoms with E-state index in [1.54, 1.807) is 37.4 Å². The van der Waals surface area contributed by atoms with Crippen LogP contribution in [0.3, 0.4) is 0 Å². The molecule has 5 aromatic carbocycles. The summed E-state index contributed by atoms with van der Waals surface area (Å²) in [4.78, 5) is 82.1. The van der Waals surface area contributed by atoms with Crippen molar-refractivity contribution in [1.82, 2.24) is 14.8 Å². The standard InChI is InChI=1S/C50H52N6O9/c1-4-40(5-2)56(25-24-55(3)50(65)52-39-28-36(48(61)62)27-37(29-39)49(63)64)30-33-12-9-13-35(26-33)45(57)54-44-43(41-14-6-7-15-42(41)53-44)46(58)51-38-22-18-32(19-23-38)11-8-10-31-16-20-34(21-17-31)47(59)60/h6-7,9,12-23,26-29,40,53H,4-5,8,10-11,24-25,30H2,1-3H3,(H,51,58)(H,52,65)(H,54,57)(H,59,60)(H,61,62)(H,63,64). The van der Waals surface area contributed by atoms with Gasteiger partial charge in [-0.1, -0.05) is 68.4 Å². The number of aryl methyl sites for hydroxylation is 2. The Morgan fingerprint density at radius 2 is 1.20 bits per heavy atom. The highest BCUT2D eigenvalue weighted by Crippen LogP contribution is 2.28. The number of carboxylic acids is 3. The van der Waals surface area contributed by atoms with E-state index >= 15 is 0 Å². The molecule has 0 fully saturated rings. The van der Waals surface area contributed by atoms with Crippen LogP contribution < -0.4 is 16.0 Å². The van der Waals surface area contributed by atoms with Crippen LogP contribution in [0.25, 0.3) is 10.9 Å². The Labute approximate surface area is 376 Å². The molecule has 6 aromatic rings. The summed E-state index contributed by atoms with van der Waals surface area (Å²) < 4.78 is 0. The molecule has 0 aliphatic heterocycles. The molecule has 65 heavy (non-hydrogen) atoms. The SMILES string of the molecule is CCC(CC)N(CCN(C)C(=O)Nc1cc(C(=O)O)cc(C(=O)O)c1)Cc1cccc(C(=O)Nc2[nH]c3ccccc3c2C(=O)Nc2ccc(CCCc3ccc(C(=O)O)cc3)cc2)c1. The summed E-state index contributed by atoms with van der Waals surface area (Å²) in [5, 5.41) is 37.2. The molecule has 0 unspecified atom stereocenters. The van der Waals surface area contributed by atoms with Crippen molar-refractivity contribution in [2.24, 2.45) is 0 Å². The molecule has 0 aliphatic carbocycles. The topological polar surface area (TPSA) is 221 Å². The molecular weight excluding hydrogens is 829 g/mol. The average Bonchev–Trinajstić information content (AvgIpc) is 3.67. The number of hydrogen-bond donors (Lipinski definition) is 7. The number of H-pyrrole nitrogens is 1. The van der Waals surface area contributed by atoms with Crippen LogP contribution in [0.5, 0.6) is 0 Å². The molecule has 336 valence electrons. The second kappa shape index (κ2) is 21.5. The van der Waals surface area contributed by atoms with Crippen molar-refractivity contribution < 1.29 is 44.1 Å². The quantitative estimate of drug-likeness (QED) is 0.0385. The molecule has 15 heteroatoms. The number of aromatic amines is 1. The number of hydrogen-bond acceptors (Lipinski definition) is 7. The summed E-state index contributed by atoms with van der Waals surface area (Å²) in [6, 6.07) is 32.0. The van der Waals surface area contributed by atoms with Crippen LogP contribution in [0, 0.1) is 0 Å². The number of urea groups is 1. The molecule has 6 rings (SSSR count). The highest BCUT2D eigenvalue weighted by Gasteiger charge is 2.23. The van der Waals surface area contributed by atoms with Crippen LogP contribution in [-0.2, 0) is 19.4 Å². The minimum Gasteiger partial charge on any atom is -0.478 e. The highest BCUT2D eigenvalue weighted by atomic mass is 16.4. The molecule has 4 amide bonds. The van der Waals surface area contributed by atoms with Gasteiger partial charge in [-0.2, -0.15) is 0 Å². The molecule has 0 spiro atoms. The fourth-order valence-corrected chi connectivity index (χ4v) is 7.70. The number of para-hydroxylation sites is 1. The lowest BCUT2D eigenvalue weighted by Crippen LogP contribution is -2.42. The first kappa shape index (κ1) is 46.7. The molecule has 0 bridgehead atoms. The first-order valence-electron chi connectivity index (χ1n) is 21.3. The molecule has 0 radical (unpaired) electrons. The van der Waals surface area contributed by atoms with Gasteiger partial charge in [0.25, 0.3) is 11.8 Å². The summed E-state index contributed by atoms with van der Waals surface area (Å²) in [5.41, 5.74) is 4.71. The van der Waals surface area contributed by atoms with Crippen molar-refractivity contribution in [3.63, 3.8) is 0 Å². The lowest BCUT2D eigenvalue weighted by Gasteiger charge is -2.32. The van der Waals surface area contributed by atoms with Gasteiger partial charge in [0, 0.05) is 60.6 Å². The van der Waals surface area contributed by atoms with Crippen LogP contribution >= 0.6 is 0 Å². The normalized spacial score (nSPS) is 11.1. The van der Waals surface area contributed by atoms with Gasteiger partial charge in [0.15, 0.2) is 0 Å². The number of rotatable bonds is 20. The zero-order chi connectivity index (χ0) is 46.6. The van der Waals surface area contributed by atoms with Gasteiger partial charge in [-0.25, -0.2) is 19.2 Å². The first-order chi connectivity index (χ1) is 31.2. The Bertz CT molecular complexity index is 2660. The van der Waals surface area contributed by atoms with E-state index in [1.807, 2.05) is 66.7 Å². The smallest absolute Gasteiger partial charge is 0.335 e. The number of carbonyl (C=O) groups excluding carboxylic acids is 3. The number of nitrogens with one attached hydrogen (secondary N) is 4. The second-order valence-electron chi connectivity index (χ2n) is 15.8. The van der Waals surface area contributed by atoms with E-state index in [9.17, 15) is 39.0 Å². The van der Waals surface area contributed by atoms with Gasteiger partial charge in [0.1, 0.15) is 5.82 Å². The molecule has 15 nitrogen and oxygen atoms in total. The van der Waals surface area contributed by atoms with Crippen molar-refractivity contribution in [2.45, 2.75) is 58.5 Å². The van der Waals surface area contributed by atoms with Gasteiger partial charge in [-0.15, -0.1) is 0 Å². The number of carboxylic acid groups (broad SMARTS) is 3. The number of carbonyl (C=O) groups is 6. The largest absolute Gasteiger partial charge is 0.478 e. The van der Waals surface area contributed by atoms with Crippen molar-refractivity contribution >= 4 is 63.8 Å². The summed E-state index contributed by atoms with van der Waals surface area (Å²) in [6.07, 6.45) is 4.12. The maximum Gasteiger partial charge on any atom is 0.335 e. The molecule has 0 atom stereocenters. The Morgan fingerprint density at radius 1 is 0.585 bits per heavy atom. The lowest BCUT2D eigenvalue weighted by atomic mass is 10.0. The average molecular weight is 881 g/mol. The number of likely N-dealkylation sites (N-methyl/N-ethyl adjacent to an activating group) is 1. The molecular formula is C50H52N6O9. The zero-order valence-electron chi connectivity index (χ0n) is 36.4. The van der Waals surface area contributed by atoms with Crippen molar-refractivity contribution in [3.8, 4) is 0 Å².